The standard InChI is InChI=1S/C22H27N7O2/c1-22(8-9-22)18-10-14-15(17(25-18)11-23-2)12-29(21(14)31)19-7-5-6-16(26-19)20(30)27-24-13-28(3)4/h5-7,10,13,23H,8-9,11-12H2,1-4H3,(H,27,30)/b24-13+. The largest absolute Gasteiger partial charge is 0.367 e. The first kappa shape index (κ1) is 20.9. The van der Waals surface area contributed by atoms with Crippen molar-refractivity contribution in [3.8, 4) is 0 Å². The molecule has 1 saturated carbocycles. The van der Waals surface area contributed by atoms with Gasteiger partial charge in [0.2, 0.25) is 0 Å². The third-order valence-electron chi connectivity index (χ3n) is 5.66. The minimum atomic E-state index is -0.439. The molecule has 0 aromatic carbocycles. The number of rotatable bonds is 7. The first-order chi connectivity index (χ1) is 14.8. The second kappa shape index (κ2) is 8.07. The maximum Gasteiger partial charge on any atom is 0.290 e. The third kappa shape index (κ3) is 4.13. The fourth-order valence-electron chi connectivity index (χ4n) is 3.58. The summed E-state index contributed by atoms with van der Waals surface area (Å²) in [6, 6.07) is 6.98. The Morgan fingerprint density at radius 3 is 2.77 bits per heavy atom. The Hall–Kier alpha value is -3.33. The van der Waals surface area contributed by atoms with Crippen molar-refractivity contribution in [3.63, 3.8) is 0 Å². The van der Waals surface area contributed by atoms with E-state index in [4.69, 9.17) is 4.98 Å². The van der Waals surface area contributed by atoms with Crippen LogP contribution in [0.2, 0.25) is 0 Å². The second-order valence-corrected chi connectivity index (χ2v) is 8.49. The van der Waals surface area contributed by atoms with E-state index in [0.717, 1.165) is 29.8 Å². The summed E-state index contributed by atoms with van der Waals surface area (Å²) in [6.45, 7) is 3.16. The highest BCUT2D eigenvalue weighted by Gasteiger charge is 2.43. The topological polar surface area (TPSA) is 103 Å². The summed E-state index contributed by atoms with van der Waals surface area (Å²) < 4.78 is 0. The Morgan fingerprint density at radius 1 is 1.32 bits per heavy atom. The van der Waals surface area contributed by atoms with E-state index in [1.54, 1.807) is 42.1 Å². The lowest BCUT2D eigenvalue weighted by atomic mass is 9.99. The molecule has 9 heteroatoms. The van der Waals surface area contributed by atoms with E-state index < -0.39 is 5.91 Å². The molecule has 0 unspecified atom stereocenters. The van der Waals surface area contributed by atoms with Crippen molar-refractivity contribution in [1.82, 2.24) is 25.6 Å². The number of hydrogen-bond acceptors (Lipinski definition) is 6. The molecule has 4 rings (SSSR count). The van der Waals surface area contributed by atoms with Crippen LogP contribution in [0.3, 0.4) is 0 Å². The van der Waals surface area contributed by atoms with Crippen molar-refractivity contribution in [1.29, 1.82) is 0 Å². The molecule has 2 N–H and O–H groups in total. The van der Waals surface area contributed by atoms with Crippen molar-refractivity contribution in [2.45, 2.75) is 38.3 Å². The first-order valence-corrected chi connectivity index (χ1v) is 10.3. The van der Waals surface area contributed by atoms with Gasteiger partial charge in [-0.3, -0.25) is 19.5 Å². The fourth-order valence-corrected chi connectivity index (χ4v) is 3.58. The molecule has 9 nitrogen and oxygen atoms in total. The van der Waals surface area contributed by atoms with Gasteiger partial charge in [0.05, 0.1) is 12.2 Å². The van der Waals surface area contributed by atoms with E-state index in [1.807, 2.05) is 13.1 Å². The molecule has 1 aliphatic heterocycles. The highest BCUT2D eigenvalue weighted by Crippen LogP contribution is 2.47. The zero-order valence-corrected chi connectivity index (χ0v) is 18.3. The Morgan fingerprint density at radius 2 is 2.10 bits per heavy atom. The molecular weight excluding hydrogens is 394 g/mol. The van der Waals surface area contributed by atoms with Crippen LogP contribution in [-0.2, 0) is 18.5 Å². The number of carbonyl (C=O) groups is 2. The number of hydrogen-bond donors (Lipinski definition) is 2. The monoisotopic (exact) mass is 421 g/mol. The van der Waals surface area contributed by atoms with Gasteiger partial charge in [-0.15, -0.1) is 0 Å². The predicted molar refractivity (Wildman–Crippen MR) is 118 cm³/mol. The molecule has 2 amide bonds. The van der Waals surface area contributed by atoms with Gasteiger partial charge in [0.25, 0.3) is 11.8 Å². The quantitative estimate of drug-likeness (QED) is 0.400. The van der Waals surface area contributed by atoms with Gasteiger partial charge in [-0.25, -0.2) is 10.4 Å². The molecule has 0 bridgehead atoms. The second-order valence-electron chi connectivity index (χ2n) is 8.49. The number of nitrogens with zero attached hydrogens (tertiary/aromatic N) is 5. The van der Waals surface area contributed by atoms with E-state index in [-0.39, 0.29) is 17.0 Å². The van der Waals surface area contributed by atoms with E-state index in [1.165, 1.54) is 6.34 Å². The maximum atomic E-state index is 13.3. The number of nitrogens with one attached hydrogen (secondary N) is 2. The lowest BCUT2D eigenvalue weighted by Crippen LogP contribution is -2.26. The highest BCUT2D eigenvalue weighted by molar-refractivity contribution is 6.10. The lowest BCUT2D eigenvalue weighted by molar-refractivity contribution is 0.0946. The molecule has 0 saturated heterocycles. The zero-order chi connectivity index (χ0) is 22.2. The summed E-state index contributed by atoms with van der Waals surface area (Å²) >= 11 is 0. The van der Waals surface area contributed by atoms with Gasteiger partial charge in [0.15, 0.2) is 0 Å². The summed E-state index contributed by atoms with van der Waals surface area (Å²) in [6.07, 6.45) is 3.66. The summed E-state index contributed by atoms with van der Waals surface area (Å²) in [7, 11) is 5.48. The van der Waals surface area contributed by atoms with Gasteiger partial charge in [-0.05, 0) is 38.1 Å². The number of fused-ring (bicyclic) bond motifs is 1. The van der Waals surface area contributed by atoms with Crippen LogP contribution in [0.25, 0.3) is 0 Å². The number of anilines is 1. The first-order valence-electron chi connectivity index (χ1n) is 10.3. The minimum Gasteiger partial charge on any atom is -0.367 e. The van der Waals surface area contributed by atoms with Crippen molar-refractivity contribution in [2.75, 3.05) is 26.0 Å². The number of aromatic nitrogens is 2. The van der Waals surface area contributed by atoms with Crippen molar-refractivity contribution in [2.24, 2.45) is 5.10 Å². The van der Waals surface area contributed by atoms with Crippen molar-refractivity contribution < 1.29 is 9.59 Å². The summed E-state index contributed by atoms with van der Waals surface area (Å²) in [5, 5.41) is 7.01. The van der Waals surface area contributed by atoms with Gasteiger partial charge in [-0.1, -0.05) is 13.0 Å². The Labute approximate surface area is 181 Å². The molecule has 0 spiro atoms. The van der Waals surface area contributed by atoms with Crippen LogP contribution < -0.4 is 15.6 Å². The third-order valence-corrected chi connectivity index (χ3v) is 5.66. The molecule has 2 aliphatic rings. The summed E-state index contributed by atoms with van der Waals surface area (Å²) in [5.41, 5.74) is 6.16. The lowest BCUT2D eigenvalue weighted by Gasteiger charge is -2.15. The molecule has 3 heterocycles. The highest BCUT2D eigenvalue weighted by atomic mass is 16.2. The SMILES string of the molecule is CNCc1nc(C2(C)CC2)cc2c1CN(c1cccc(C(=O)N/N=C/N(C)C)n1)C2=O. The molecule has 0 radical (unpaired) electrons. The van der Waals surface area contributed by atoms with Crippen LogP contribution in [0, 0.1) is 0 Å². The van der Waals surface area contributed by atoms with Crippen LogP contribution in [0.15, 0.2) is 29.4 Å². The fraction of sp³-hybridized carbons (Fsp3) is 0.409. The molecule has 2 aromatic rings. The molecular formula is C22H27N7O2. The maximum absolute atomic E-state index is 13.3. The normalized spacial score (nSPS) is 16.5. The molecule has 2 aromatic heterocycles. The molecule has 1 aliphatic carbocycles. The van der Waals surface area contributed by atoms with Crippen LogP contribution in [0.1, 0.15) is 57.6 Å². The Kier molecular flexibility index (Phi) is 5.45. The molecule has 0 atom stereocenters. The van der Waals surface area contributed by atoms with E-state index in [9.17, 15) is 9.59 Å². The average molecular weight is 422 g/mol. The summed E-state index contributed by atoms with van der Waals surface area (Å²) in [5.74, 6) is -0.124. The van der Waals surface area contributed by atoms with E-state index >= 15 is 0 Å². The van der Waals surface area contributed by atoms with Crippen molar-refractivity contribution in [3.05, 3.63) is 52.5 Å². The number of carbonyl (C=O) groups excluding carboxylic acids is 2. The van der Waals surface area contributed by atoms with Crippen LogP contribution in [-0.4, -0.2) is 54.2 Å². The minimum absolute atomic E-state index is 0.0640. The Bertz CT molecular complexity index is 1060. The van der Waals surface area contributed by atoms with Gasteiger partial charge in [-0.2, -0.15) is 5.10 Å². The predicted octanol–water partition coefficient (Wildman–Crippen LogP) is 1.64. The molecule has 31 heavy (non-hydrogen) atoms. The van der Waals surface area contributed by atoms with Crippen LogP contribution >= 0.6 is 0 Å². The van der Waals surface area contributed by atoms with Crippen molar-refractivity contribution >= 4 is 24.0 Å². The van der Waals surface area contributed by atoms with E-state index in [2.05, 4.69) is 27.8 Å². The number of pyridine rings is 2. The van der Waals surface area contributed by atoms with Crippen LogP contribution in [0.5, 0.6) is 0 Å². The average Bonchev–Trinajstić information content (AvgIpc) is 3.41. The zero-order valence-electron chi connectivity index (χ0n) is 18.3. The molecule has 1 fully saturated rings. The number of amides is 2. The van der Waals surface area contributed by atoms with Gasteiger partial charge < -0.3 is 10.2 Å². The Balaban J connectivity index is 1.62. The smallest absolute Gasteiger partial charge is 0.290 e. The van der Waals surface area contributed by atoms with Gasteiger partial charge in [0, 0.05) is 42.9 Å². The summed E-state index contributed by atoms with van der Waals surface area (Å²) in [4.78, 5) is 38.3. The molecule has 162 valence electrons. The van der Waals surface area contributed by atoms with E-state index in [0.29, 0.717) is 24.5 Å². The van der Waals surface area contributed by atoms with Crippen LogP contribution in [0.4, 0.5) is 5.82 Å². The number of hydrazone groups is 1. The van der Waals surface area contributed by atoms with Gasteiger partial charge in [0.1, 0.15) is 17.9 Å². The van der Waals surface area contributed by atoms with Gasteiger partial charge >= 0.3 is 0 Å².